The van der Waals surface area contributed by atoms with Crippen LogP contribution in [0.15, 0.2) is 22.7 Å². The Morgan fingerprint density at radius 2 is 2.15 bits per heavy atom. The van der Waals surface area contributed by atoms with Crippen LogP contribution in [0.2, 0.25) is 0 Å². The third-order valence-corrected chi connectivity index (χ3v) is 3.88. The lowest BCUT2D eigenvalue weighted by atomic mass is 10.1. The molecule has 0 radical (unpaired) electrons. The van der Waals surface area contributed by atoms with Gasteiger partial charge in [-0.15, -0.1) is 0 Å². The number of rotatable bonds is 6. The summed E-state index contributed by atoms with van der Waals surface area (Å²) in [6, 6.07) is 6.46. The van der Waals surface area contributed by atoms with Crippen molar-refractivity contribution < 1.29 is 4.74 Å². The second kappa shape index (κ2) is 6.70. The maximum Gasteiger partial charge on any atom is 0.127 e. The van der Waals surface area contributed by atoms with E-state index in [1.54, 1.807) is 7.11 Å². The van der Waals surface area contributed by atoms with Crippen molar-refractivity contribution in [2.45, 2.75) is 38.8 Å². The van der Waals surface area contributed by atoms with Gasteiger partial charge in [0, 0.05) is 24.2 Å². The van der Waals surface area contributed by atoms with Gasteiger partial charge in [-0.3, -0.25) is 0 Å². The summed E-state index contributed by atoms with van der Waals surface area (Å²) in [6.07, 6.45) is 1.83. The van der Waals surface area contributed by atoms with E-state index in [0.717, 1.165) is 40.8 Å². The van der Waals surface area contributed by atoms with E-state index in [-0.39, 0.29) is 6.04 Å². The zero-order valence-corrected chi connectivity index (χ0v) is 13.9. The van der Waals surface area contributed by atoms with Crippen molar-refractivity contribution in [2.75, 3.05) is 13.7 Å². The van der Waals surface area contributed by atoms with E-state index in [4.69, 9.17) is 15.5 Å². The molecule has 20 heavy (non-hydrogen) atoms. The summed E-state index contributed by atoms with van der Waals surface area (Å²) in [6.45, 7) is 5.06. The molecule has 4 nitrogen and oxygen atoms in total. The van der Waals surface area contributed by atoms with Crippen molar-refractivity contribution >= 4 is 27.0 Å². The highest BCUT2D eigenvalue weighted by molar-refractivity contribution is 9.10. The van der Waals surface area contributed by atoms with Gasteiger partial charge in [-0.2, -0.15) is 0 Å². The summed E-state index contributed by atoms with van der Waals surface area (Å²) in [5.41, 5.74) is 8.46. The molecular weight excluding hydrogens is 318 g/mol. The lowest BCUT2D eigenvalue weighted by molar-refractivity contribution is 0.190. The lowest BCUT2D eigenvalue weighted by Crippen LogP contribution is -2.18. The van der Waals surface area contributed by atoms with E-state index in [1.807, 2.05) is 12.1 Å². The molecule has 0 bridgehead atoms. The van der Waals surface area contributed by atoms with Crippen LogP contribution in [0, 0.1) is 0 Å². The molecule has 2 aromatic rings. The van der Waals surface area contributed by atoms with Crippen molar-refractivity contribution in [2.24, 2.45) is 5.73 Å². The Labute approximate surface area is 128 Å². The molecule has 1 unspecified atom stereocenters. The Kier molecular flexibility index (Phi) is 5.18. The molecule has 0 saturated heterocycles. The zero-order chi connectivity index (χ0) is 14.7. The van der Waals surface area contributed by atoms with Gasteiger partial charge in [0.2, 0.25) is 0 Å². The van der Waals surface area contributed by atoms with Crippen LogP contribution in [0.5, 0.6) is 0 Å². The van der Waals surface area contributed by atoms with Crippen LogP contribution >= 0.6 is 15.9 Å². The summed E-state index contributed by atoms with van der Waals surface area (Å²) in [7, 11) is 1.71. The molecule has 110 valence electrons. The van der Waals surface area contributed by atoms with E-state index >= 15 is 0 Å². The number of ether oxygens (including phenoxy) is 1. The van der Waals surface area contributed by atoms with Crippen LogP contribution in [0.4, 0.5) is 0 Å². The number of fused-ring (bicyclic) bond motifs is 1. The minimum atomic E-state index is -0.0567. The van der Waals surface area contributed by atoms with Gasteiger partial charge in [0.05, 0.1) is 17.1 Å². The third-order valence-electron chi connectivity index (χ3n) is 3.39. The molecule has 0 saturated carbocycles. The summed E-state index contributed by atoms with van der Waals surface area (Å²) < 4.78 is 8.37. The fourth-order valence-corrected chi connectivity index (χ4v) is 2.82. The molecule has 5 heteroatoms. The second-order valence-electron chi connectivity index (χ2n) is 5.31. The number of nitrogens with zero attached hydrogens (tertiary/aromatic N) is 2. The number of methoxy groups -OCH3 is 1. The molecule has 1 atom stereocenters. The molecule has 1 heterocycles. The number of imidazole rings is 1. The van der Waals surface area contributed by atoms with Crippen molar-refractivity contribution in [3.8, 4) is 0 Å². The average molecular weight is 340 g/mol. The van der Waals surface area contributed by atoms with Gasteiger partial charge >= 0.3 is 0 Å². The molecule has 0 aliphatic carbocycles. The van der Waals surface area contributed by atoms with Gasteiger partial charge in [-0.1, -0.05) is 15.9 Å². The van der Waals surface area contributed by atoms with Crippen LogP contribution in [0.3, 0.4) is 0 Å². The van der Waals surface area contributed by atoms with E-state index < -0.39 is 0 Å². The van der Waals surface area contributed by atoms with Crippen molar-refractivity contribution in [1.82, 2.24) is 9.55 Å². The minimum absolute atomic E-state index is 0.0567. The molecule has 0 fully saturated rings. The molecule has 0 spiro atoms. The Balaban J connectivity index is 2.38. The van der Waals surface area contributed by atoms with Crippen molar-refractivity contribution in [3.63, 3.8) is 0 Å². The number of nitrogens with two attached hydrogens (primary N) is 1. The van der Waals surface area contributed by atoms with Crippen LogP contribution in [0.25, 0.3) is 11.0 Å². The second-order valence-corrected chi connectivity index (χ2v) is 6.22. The summed E-state index contributed by atoms with van der Waals surface area (Å²) in [4.78, 5) is 4.74. The highest BCUT2D eigenvalue weighted by atomic mass is 79.9. The van der Waals surface area contributed by atoms with Crippen LogP contribution < -0.4 is 5.73 Å². The minimum Gasteiger partial charge on any atom is -0.385 e. The Morgan fingerprint density at radius 1 is 1.40 bits per heavy atom. The van der Waals surface area contributed by atoms with Gasteiger partial charge in [-0.05, 0) is 44.9 Å². The molecule has 2 N–H and O–H groups in total. The molecule has 1 aromatic heterocycles. The molecule has 2 rings (SSSR count). The summed E-state index contributed by atoms with van der Waals surface area (Å²) in [5.74, 6) is 0.962. The fraction of sp³-hybridized carbons (Fsp3) is 0.533. The quantitative estimate of drug-likeness (QED) is 0.814. The summed E-state index contributed by atoms with van der Waals surface area (Å²) >= 11 is 3.49. The predicted octanol–water partition coefficient (Wildman–Crippen LogP) is 3.81. The van der Waals surface area contributed by atoms with E-state index in [9.17, 15) is 0 Å². The maximum atomic E-state index is 6.33. The number of aromatic nitrogens is 2. The number of benzene rings is 1. The lowest BCUT2D eigenvalue weighted by Gasteiger charge is -2.17. The highest BCUT2D eigenvalue weighted by Gasteiger charge is 2.18. The number of halogens is 1. The first-order valence-electron chi connectivity index (χ1n) is 6.96. The first-order valence-corrected chi connectivity index (χ1v) is 7.75. The summed E-state index contributed by atoms with van der Waals surface area (Å²) in [5, 5.41) is 0. The van der Waals surface area contributed by atoms with Crippen LogP contribution in [-0.4, -0.2) is 23.3 Å². The van der Waals surface area contributed by atoms with E-state index in [1.165, 1.54) is 0 Å². The highest BCUT2D eigenvalue weighted by Crippen LogP contribution is 2.27. The smallest absolute Gasteiger partial charge is 0.127 e. The van der Waals surface area contributed by atoms with Gasteiger partial charge in [0.1, 0.15) is 5.82 Å². The monoisotopic (exact) mass is 339 g/mol. The number of hydrogen-bond donors (Lipinski definition) is 1. The zero-order valence-electron chi connectivity index (χ0n) is 12.3. The topological polar surface area (TPSA) is 53.1 Å². The Bertz CT molecular complexity index is 580. The first-order chi connectivity index (χ1) is 9.54. The van der Waals surface area contributed by atoms with Crippen LogP contribution in [-0.2, 0) is 4.74 Å². The standard InChI is InChI=1S/C15H22BrN3O/c1-10(2)19-14-7-6-11(16)9-13(14)18-15(19)12(17)5-4-8-20-3/h6-7,9-10,12H,4-5,8,17H2,1-3H3. The van der Waals surface area contributed by atoms with Gasteiger partial charge in [0.15, 0.2) is 0 Å². The van der Waals surface area contributed by atoms with Gasteiger partial charge < -0.3 is 15.0 Å². The Morgan fingerprint density at radius 3 is 2.80 bits per heavy atom. The SMILES string of the molecule is COCCCC(N)c1nc2cc(Br)ccc2n1C(C)C. The molecule has 0 aliphatic heterocycles. The molecule has 0 aliphatic rings. The first kappa shape index (κ1) is 15.5. The maximum absolute atomic E-state index is 6.33. The van der Waals surface area contributed by atoms with E-state index in [2.05, 4.69) is 40.4 Å². The fourth-order valence-electron chi connectivity index (χ4n) is 2.47. The van der Waals surface area contributed by atoms with Crippen LogP contribution in [0.1, 0.15) is 44.6 Å². The van der Waals surface area contributed by atoms with Crippen molar-refractivity contribution in [1.29, 1.82) is 0 Å². The van der Waals surface area contributed by atoms with Gasteiger partial charge in [-0.25, -0.2) is 4.98 Å². The van der Waals surface area contributed by atoms with Crippen molar-refractivity contribution in [3.05, 3.63) is 28.5 Å². The largest absolute Gasteiger partial charge is 0.385 e. The number of hydrogen-bond acceptors (Lipinski definition) is 3. The third kappa shape index (κ3) is 3.22. The predicted molar refractivity (Wildman–Crippen MR) is 85.9 cm³/mol. The normalized spacial score (nSPS) is 13.3. The molecule has 0 amide bonds. The Hall–Kier alpha value is -0.910. The molecule has 1 aromatic carbocycles. The van der Waals surface area contributed by atoms with Gasteiger partial charge in [0.25, 0.3) is 0 Å². The molecular formula is C15H22BrN3O. The van der Waals surface area contributed by atoms with E-state index in [0.29, 0.717) is 6.04 Å². The average Bonchev–Trinajstić information content (AvgIpc) is 2.77.